The van der Waals surface area contributed by atoms with Gasteiger partial charge < -0.3 is 10.4 Å². The summed E-state index contributed by atoms with van der Waals surface area (Å²) >= 11 is 8.10. The molecule has 0 spiro atoms. The number of hydrogen-bond acceptors (Lipinski definition) is 2. The first-order valence-corrected chi connectivity index (χ1v) is 6.99. The minimum absolute atomic E-state index is 0.316. The van der Waals surface area contributed by atoms with E-state index in [1.54, 1.807) is 19.1 Å². The highest BCUT2D eigenvalue weighted by Crippen LogP contribution is 2.26. The molecule has 2 aromatic carbocycles. The van der Waals surface area contributed by atoms with Gasteiger partial charge in [0.15, 0.2) is 0 Å². The van der Waals surface area contributed by atoms with Crippen LogP contribution in [0.25, 0.3) is 0 Å². The molecule has 0 amide bonds. The highest BCUT2D eigenvalue weighted by atomic mass is 127. The fourth-order valence-electron chi connectivity index (χ4n) is 1.73. The zero-order chi connectivity index (χ0) is 14.0. The van der Waals surface area contributed by atoms with Crippen molar-refractivity contribution in [2.24, 2.45) is 0 Å². The topological polar surface area (TPSA) is 49.3 Å². The number of carboxylic acids is 1. The Bertz CT molecular complexity index is 643. The number of benzene rings is 2. The van der Waals surface area contributed by atoms with Crippen LogP contribution in [0.15, 0.2) is 36.4 Å². The van der Waals surface area contributed by atoms with Gasteiger partial charge in [-0.15, -0.1) is 0 Å². The molecule has 0 aliphatic heterocycles. The largest absolute Gasteiger partial charge is 0.478 e. The number of carbonyl (C=O) groups is 1. The Kier molecular flexibility index (Phi) is 4.31. The van der Waals surface area contributed by atoms with Gasteiger partial charge in [0.1, 0.15) is 0 Å². The number of anilines is 2. The lowest BCUT2D eigenvalue weighted by molar-refractivity contribution is 0.0696. The molecule has 98 valence electrons. The van der Waals surface area contributed by atoms with Gasteiger partial charge in [0, 0.05) is 14.3 Å². The molecular weight excluding hydrogens is 377 g/mol. The Balaban J connectivity index is 2.29. The van der Waals surface area contributed by atoms with Crippen molar-refractivity contribution in [1.82, 2.24) is 0 Å². The molecule has 5 heteroatoms. The summed E-state index contributed by atoms with van der Waals surface area (Å²) in [6, 6.07) is 10.7. The number of nitrogens with one attached hydrogen (secondary N) is 1. The average Bonchev–Trinajstić information content (AvgIpc) is 2.32. The lowest BCUT2D eigenvalue weighted by atomic mass is 10.1. The lowest BCUT2D eigenvalue weighted by Gasteiger charge is -2.10. The van der Waals surface area contributed by atoms with Gasteiger partial charge >= 0.3 is 5.97 Å². The fourth-order valence-corrected chi connectivity index (χ4v) is 2.73. The van der Waals surface area contributed by atoms with Gasteiger partial charge in [-0.05, 0) is 71.5 Å². The second-order valence-corrected chi connectivity index (χ2v) is 5.68. The summed E-state index contributed by atoms with van der Waals surface area (Å²) in [5.41, 5.74) is 2.83. The molecule has 0 aliphatic rings. The van der Waals surface area contributed by atoms with Gasteiger partial charge in [-0.2, -0.15) is 0 Å². The van der Waals surface area contributed by atoms with Crippen molar-refractivity contribution in [3.63, 3.8) is 0 Å². The maximum Gasteiger partial charge on any atom is 0.335 e. The van der Waals surface area contributed by atoms with Gasteiger partial charge in [-0.1, -0.05) is 11.6 Å². The summed E-state index contributed by atoms with van der Waals surface area (Å²) in [5, 5.41) is 12.9. The Hall–Kier alpha value is -1.27. The summed E-state index contributed by atoms with van der Waals surface area (Å²) < 4.78 is 1.00. The molecule has 2 N–H and O–H groups in total. The molecule has 3 nitrogen and oxygen atoms in total. The van der Waals surface area contributed by atoms with Crippen LogP contribution >= 0.6 is 34.2 Å². The van der Waals surface area contributed by atoms with Gasteiger partial charge in [0.05, 0.1) is 11.3 Å². The smallest absolute Gasteiger partial charge is 0.335 e. The lowest BCUT2D eigenvalue weighted by Crippen LogP contribution is -2.01. The van der Waals surface area contributed by atoms with Crippen LogP contribution in [0.3, 0.4) is 0 Å². The summed E-state index contributed by atoms with van der Waals surface area (Å²) in [4.78, 5) is 10.9. The van der Waals surface area contributed by atoms with Crippen LogP contribution in [0.1, 0.15) is 15.9 Å². The van der Waals surface area contributed by atoms with Crippen LogP contribution in [-0.2, 0) is 0 Å². The van der Waals surface area contributed by atoms with E-state index in [4.69, 9.17) is 16.7 Å². The maximum atomic E-state index is 10.9. The molecule has 0 heterocycles. The van der Waals surface area contributed by atoms with E-state index >= 15 is 0 Å². The van der Waals surface area contributed by atoms with Crippen LogP contribution in [0, 0.1) is 10.5 Å². The molecule has 0 atom stereocenters. The molecule has 0 aromatic heterocycles. The third-order valence-corrected chi connectivity index (χ3v) is 3.79. The van der Waals surface area contributed by atoms with Crippen molar-refractivity contribution in [3.8, 4) is 0 Å². The van der Waals surface area contributed by atoms with Crippen molar-refractivity contribution in [2.45, 2.75) is 6.92 Å². The van der Waals surface area contributed by atoms with E-state index in [-0.39, 0.29) is 0 Å². The molecule has 0 saturated heterocycles. The predicted octanol–water partition coefficient (Wildman–Crippen LogP) is 4.69. The van der Waals surface area contributed by atoms with Gasteiger partial charge in [-0.3, -0.25) is 0 Å². The van der Waals surface area contributed by atoms with Crippen molar-refractivity contribution < 1.29 is 9.90 Å². The molecule has 0 radical (unpaired) electrons. The summed E-state index contributed by atoms with van der Waals surface area (Å²) in [7, 11) is 0. The molecule has 0 saturated carbocycles. The monoisotopic (exact) mass is 387 g/mol. The Labute approximate surface area is 129 Å². The molecule has 0 bridgehead atoms. The zero-order valence-electron chi connectivity index (χ0n) is 10.1. The first-order chi connectivity index (χ1) is 8.97. The number of rotatable bonds is 3. The number of halogens is 2. The first kappa shape index (κ1) is 14.1. The van der Waals surface area contributed by atoms with Crippen LogP contribution in [0.4, 0.5) is 11.4 Å². The van der Waals surface area contributed by atoms with E-state index in [1.807, 2.05) is 24.3 Å². The number of aromatic carboxylic acids is 1. The average molecular weight is 388 g/mol. The first-order valence-electron chi connectivity index (χ1n) is 5.53. The zero-order valence-corrected chi connectivity index (χ0v) is 13.0. The summed E-state index contributed by atoms with van der Waals surface area (Å²) in [5.74, 6) is -0.912. The third kappa shape index (κ3) is 3.39. The Morgan fingerprint density at radius 1 is 1.26 bits per heavy atom. The molecule has 0 fully saturated rings. The van der Waals surface area contributed by atoms with E-state index in [2.05, 4.69) is 27.9 Å². The van der Waals surface area contributed by atoms with Gasteiger partial charge in [0.25, 0.3) is 0 Å². The summed E-state index contributed by atoms with van der Waals surface area (Å²) in [6.07, 6.45) is 0. The standard InChI is InChI=1S/C14H11ClINO2/c1-8-6-10(3-4-11(8)14(18)19)17-13-5-2-9(15)7-12(13)16/h2-7,17H,1H3,(H,18,19). The van der Waals surface area contributed by atoms with E-state index in [9.17, 15) is 4.79 Å². The highest BCUT2D eigenvalue weighted by Gasteiger charge is 2.08. The molecule has 0 unspecified atom stereocenters. The maximum absolute atomic E-state index is 10.9. The fraction of sp³-hybridized carbons (Fsp3) is 0.0714. The van der Waals surface area contributed by atoms with Crippen LogP contribution in [0.2, 0.25) is 5.02 Å². The highest BCUT2D eigenvalue weighted by molar-refractivity contribution is 14.1. The van der Waals surface area contributed by atoms with Crippen molar-refractivity contribution in [1.29, 1.82) is 0 Å². The van der Waals surface area contributed by atoms with Gasteiger partial charge in [-0.25, -0.2) is 4.79 Å². The normalized spacial score (nSPS) is 10.3. The van der Waals surface area contributed by atoms with Crippen molar-refractivity contribution in [3.05, 3.63) is 56.1 Å². The van der Waals surface area contributed by atoms with E-state index < -0.39 is 5.97 Å². The number of aryl methyl sites for hydroxylation is 1. The SMILES string of the molecule is Cc1cc(Nc2ccc(Cl)cc2I)ccc1C(=O)O. The third-order valence-electron chi connectivity index (χ3n) is 2.67. The number of carboxylic acid groups (broad SMARTS) is 1. The minimum Gasteiger partial charge on any atom is -0.478 e. The predicted molar refractivity (Wildman–Crippen MR) is 85.6 cm³/mol. The number of hydrogen-bond donors (Lipinski definition) is 2. The van der Waals surface area contributed by atoms with Crippen LogP contribution < -0.4 is 5.32 Å². The van der Waals surface area contributed by atoms with E-state index in [0.29, 0.717) is 10.6 Å². The molecule has 2 aromatic rings. The Morgan fingerprint density at radius 3 is 2.58 bits per heavy atom. The molecular formula is C14H11ClINO2. The minimum atomic E-state index is -0.912. The van der Waals surface area contributed by atoms with E-state index in [0.717, 1.165) is 20.5 Å². The van der Waals surface area contributed by atoms with Crippen molar-refractivity contribution in [2.75, 3.05) is 5.32 Å². The van der Waals surface area contributed by atoms with Gasteiger partial charge in [0.2, 0.25) is 0 Å². The Morgan fingerprint density at radius 2 is 2.00 bits per heavy atom. The van der Waals surface area contributed by atoms with Crippen LogP contribution in [-0.4, -0.2) is 11.1 Å². The second-order valence-electron chi connectivity index (χ2n) is 4.08. The molecule has 19 heavy (non-hydrogen) atoms. The molecule has 0 aliphatic carbocycles. The van der Waals surface area contributed by atoms with Crippen molar-refractivity contribution >= 4 is 51.5 Å². The summed E-state index contributed by atoms with van der Waals surface area (Å²) in [6.45, 7) is 1.78. The van der Waals surface area contributed by atoms with Crippen LogP contribution in [0.5, 0.6) is 0 Å². The second kappa shape index (κ2) is 5.79. The molecule has 2 rings (SSSR count). The van der Waals surface area contributed by atoms with E-state index in [1.165, 1.54) is 0 Å². The quantitative estimate of drug-likeness (QED) is 0.751.